The van der Waals surface area contributed by atoms with Crippen molar-refractivity contribution in [2.24, 2.45) is 0 Å². The lowest BCUT2D eigenvalue weighted by Gasteiger charge is -2.07. The first-order chi connectivity index (χ1) is 9.51. The standard InChI is InChI=1S/C14H13BrFNO2S/c15-9-11-2-1-3-12(8-11)10-17-20(18,19)14-6-4-13(16)5-7-14/h1-8,17H,9-10H2. The Labute approximate surface area is 126 Å². The van der Waals surface area contributed by atoms with E-state index in [9.17, 15) is 12.8 Å². The van der Waals surface area contributed by atoms with Gasteiger partial charge in [0.15, 0.2) is 0 Å². The lowest BCUT2D eigenvalue weighted by molar-refractivity contribution is 0.580. The number of nitrogens with one attached hydrogen (secondary N) is 1. The Morgan fingerprint density at radius 2 is 1.70 bits per heavy atom. The Morgan fingerprint density at radius 1 is 1.05 bits per heavy atom. The molecule has 0 saturated carbocycles. The number of hydrogen-bond acceptors (Lipinski definition) is 2. The zero-order valence-electron chi connectivity index (χ0n) is 10.5. The Hall–Kier alpha value is -1.24. The van der Waals surface area contributed by atoms with Crippen LogP contribution in [0.4, 0.5) is 4.39 Å². The highest BCUT2D eigenvalue weighted by atomic mass is 79.9. The van der Waals surface area contributed by atoms with Crippen LogP contribution in [0.1, 0.15) is 11.1 Å². The maximum atomic E-state index is 12.8. The van der Waals surface area contributed by atoms with E-state index in [0.717, 1.165) is 23.3 Å². The molecule has 0 aliphatic heterocycles. The minimum absolute atomic E-state index is 0.0514. The van der Waals surface area contributed by atoms with Crippen LogP contribution < -0.4 is 4.72 Å². The van der Waals surface area contributed by atoms with E-state index in [-0.39, 0.29) is 11.4 Å². The van der Waals surface area contributed by atoms with E-state index in [4.69, 9.17) is 0 Å². The van der Waals surface area contributed by atoms with E-state index in [1.165, 1.54) is 12.1 Å². The fraction of sp³-hybridized carbons (Fsp3) is 0.143. The summed E-state index contributed by atoms with van der Waals surface area (Å²) in [5.74, 6) is -0.464. The predicted molar refractivity (Wildman–Crippen MR) is 79.5 cm³/mol. The molecule has 2 rings (SSSR count). The summed E-state index contributed by atoms with van der Waals surface area (Å²) >= 11 is 3.35. The third-order valence-corrected chi connectivity index (χ3v) is 4.80. The molecule has 2 aromatic carbocycles. The molecule has 0 radical (unpaired) electrons. The van der Waals surface area contributed by atoms with Gasteiger partial charge in [-0.15, -0.1) is 0 Å². The summed E-state index contributed by atoms with van der Waals surface area (Å²) in [6, 6.07) is 12.3. The molecule has 0 fully saturated rings. The van der Waals surface area contributed by atoms with E-state index >= 15 is 0 Å². The molecule has 0 amide bonds. The third kappa shape index (κ3) is 3.88. The van der Waals surface area contributed by atoms with Gasteiger partial charge < -0.3 is 0 Å². The normalized spacial score (nSPS) is 11.5. The van der Waals surface area contributed by atoms with Gasteiger partial charge in [-0.05, 0) is 35.4 Å². The number of halogens is 2. The zero-order chi connectivity index (χ0) is 14.6. The van der Waals surface area contributed by atoms with Crippen molar-refractivity contribution in [3.05, 3.63) is 65.5 Å². The number of hydrogen-bond donors (Lipinski definition) is 1. The molecule has 0 aliphatic rings. The summed E-state index contributed by atoms with van der Waals surface area (Å²) < 4.78 is 39.3. The molecule has 0 spiro atoms. The van der Waals surface area contributed by atoms with Crippen LogP contribution in [0.5, 0.6) is 0 Å². The van der Waals surface area contributed by atoms with Crippen LogP contribution in [0.2, 0.25) is 0 Å². The van der Waals surface area contributed by atoms with Crippen molar-refractivity contribution in [2.45, 2.75) is 16.8 Å². The number of benzene rings is 2. The molecular formula is C14H13BrFNO2S. The summed E-state index contributed by atoms with van der Waals surface area (Å²) in [5, 5.41) is 0.714. The quantitative estimate of drug-likeness (QED) is 0.835. The van der Waals surface area contributed by atoms with Gasteiger partial charge in [0, 0.05) is 11.9 Å². The Bertz CT molecular complexity index is 687. The highest BCUT2D eigenvalue weighted by molar-refractivity contribution is 9.08. The van der Waals surface area contributed by atoms with Crippen molar-refractivity contribution in [2.75, 3.05) is 0 Å². The second kappa shape index (κ2) is 6.47. The molecule has 0 heterocycles. The van der Waals surface area contributed by atoms with Crippen LogP contribution in [0.3, 0.4) is 0 Å². The monoisotopic (exact) mass is 357 g/mol. The molecule has 6 heteroatoms. The van der Waals surface area contributed by atoms with E-state index in [0.29, 0.717) is 5.33 Å². The predicted octanol–water partition coefficient (Wildman–Crippen LogP) is 3.20. The molecule has 0 aromatic heterocycles. The molecular weight excluding hydrogens is 345 g/mol. The van der Waals surface area contributed by atoms with Crippen molar-refractivity contribution in [3.63, 3.8) is 0 Å². The summed E-state index contributed by atoms with van der Waals surface area (Å²) in [7, 11) is -3.62. The van der Waals surface area contributed by atoms with Gasteiger partial charge in [-0.25, -0.2) is 17.5 Å². The van der Waals surface area contributed by atoms with Gasteiger partial charge in [0.2, 0.25) is 10.0 Å². The van der Waals surface area contributed by atoms with Gasteiger partial charge in [-0.2, -0.15) is 0 Å². The molecule has 1 N–H and O–H groups in total. The molecule has 2 aromatic rings. The van der Waals surface area contributed by atoms with Crippen molar-refractivity contribution < 1.29 is 12.8 Å². The van der Waals surface area contributed by atoms with Crippen molar-refractivity contribution >= 4 is 26.0 Å². The summed E-state index contributed by atoms with van der Waals surface area (Å²) in [6.07, 6.45) is 0. The van der Waals surface area contributed by atoms with Crippen molar-refractivity contribution in [1.29, 1.82) is 0 Å². The topological polar surface area (TPSA) is 46.2 Å². The molecule has 106 valence electrons. The minimum Gasteiger partial charge on any atom is -0.207 e. The highest BCUT2D eigenvalue weighted by Crippen LogP contribution is 2.12. The third-order valence-electron chi connectivity index (χ3n) is 2.74. The molecule has 3 nitrogen and oxygen atoms in total. The minimum atomic E-state index is -3.62. The van der Waals surface area contributed by atoms with E-state index in [2.05, 4.69) is 20.7 Å². The largest absolute Gasteiger partial charge is 0.240 e. The first-order valence-corrected chi connectivity index (χ1v) is 8.51. The molecule has 20 heavy (non-hydrogen) atoms. The molecule has 0 atom stereocenters. The van der Waals surface area contributed by atoms with E-state index in [1.54, 1.807) is 0 Å². The lowest BCUT2D eigenvalue weighted by atomic mass is 10.1. The van der Waals surface area contributed by atoms with Gasteiger partial charge in [0.05, 0.1) is 4.90 Å². The maximum Gasteiger partial charge on any atom is 0.240 e. The molecule has 0 aliphatic carbocycles. The van der Waals surface area contributed by atoms with Crippen LogP contribution in [-0.4, -0.2) is 8.42 Å². The fourth-order valence-corrected chi connectivity index (χ4v) is 3.06. The summed E-state index contributed by atoms with van der Waals surface area (Å²) in [5.41, 5.74) is 1.94. The molecule has 0 bridgehead atoms. The Kier molecular flexibility index (Phi) is 4.91. The second-order valence-electron chi connectivity index (χ2n) is 4.23. The van der Waals surface area contributed by atoms with Crippen LogP contribution >= 0.6 is 15.9 Å². The first kappa shape index (κ1) is 15.2. The summed E-state index contributed by atoms with van der Waals surface area (Å²) in [6.45, 7) is 0.195. The average molecular weight is 358 g/mol. The van der Waals surface area contributed by atoms with Gasteiger partial charge in [0.25, 0.3) is 0 Å². The van der Waals surface area contributed by atoms with Gasteiger partial charge in [-0.3, -0.25) is 0 Å². The molecule has 0 saturated heterocycles. The number of alkyl halides is 1. The zero-order valence-corrected chi connectivity index (χ0v) is 12.9. The Balaban J connectivity index is 2.10. The first-order valence-electron chi connectivity index (χ1n) is 5.90. The highest BCUT2D eigenvalue weighted by Gasteiger charge is 2.13. The fourth-order valence-electron chi connectivity index (χ4n) is 1.70. The lowest BCUT2D eigenvalue weighted by Crippen LogP contribution is -2.23. The SMILES string of the molecule is O=S(=O)(NCc1cccc(CBr)c1)c1ccc(F)cc1. The smallest absolute Gasteiger partial charge is 0.207 e. The number of rotatable bonds is 5. The van der Waals surface area contributed by atoms with Gasteiger partial charge in [0.1, 0.15) is 5.82 Å². The van der Waals surface area contributed by atoms with E-state index < -0.39 is 15.8 Å². The van der Waals surface area contributed by atoms with Crippen LogP contribution in [-0.2, 0) is 21.9 Å². The van der Waals surface area contributed by atoms with Gasteiger partial charge in [-0.1, -0.05) is 40.2 Å². The average Bonchev–Trinajstić information content (AvgIpc) is 2.46. The van der Waals surface area contributed by atoms with Crippen LogP contribution in [0.15, 0.2) is 53.4 Å². The Morgan fingerprint density at radius 3 is 2.35 bits per heavy atom. The van der Waals surface area contributed by atoms with Crippen LogP contribution in [0, 0.1) is 5.82 Å². The van der Waals surface area contributed by atoms with Crippen LogP contribution in [0.25, 0.3) is 0 Å². The molecule has 0 unspecified atom stereocenters. The van der Waals surface area contributed by atoms with Crippen molar-refractivity contribution in [1.82, 2.24) is 4.72 Å². The second-order valence-corrected chi connectivity index (χ2v) is 6.56. The maximum absolute atomic E-state index is 12.8. The van der Waals surface area contributed by atoms with Gasteiger partial charge >= 0.3 is 0 Å². The van der Waals surface area contributed by atoms with E-state index in [1.807, 2.05) is 24.3 Å². The summed E-state index contributed by atoms with van der Waals surface area (Å²) in [4.78, 5) is 0.0514. The van der Waals surface area contributed by atoms with Crippen molar-refractivity contribution in [3.8, 4) is 0 Å². The number of sulfonamides is 1.